The van der Waals surface area contributed by atoms with Gasteiger partial charge in [0.05, 0.1) is 11.3 Å². The van der Waals surface area contributed by atoms with Crippen LogP contribution < -0.4 is 15.1 Å². The highest BCUT2D eigenvalue weighted by Crippen LogP contribution is 2.43. The number of amides is 1. The van der Waals surface area contributed by atoms with Gasteiger partial charge >= 0.3 is 6.18 Å². The summed E-state index contributed by atoms with van der Waals surface area (Å²) in [5.41, 5.74) is 0.926. The predicted molar refractivity (Wildman–Crippen MR) is 112 cm³/mol. The molecule has 0 saturated carbocycles. The molecule has 150 valence electrons. The summed E-state index contributed by atoms with van der Waals surface area (Å²) in [5, 5.41) is -0.524. The molecular weight excluding hydrogens is 410 g/mol. The first-order chi connectivity index (χ1) is 14.3. The van der Waals surface area contributed by atoms with Crippen LogP contribution in [-0.4, -0.2) is 19.5 Å². The number of ether oxygens (including phenoxy) is 1. The molecule has 8 heteroatoms. The van der Waals surface area contributed by atoms with Gasteiger partial charge < -0.3 is 4.74 Å². The lowest BCUT2D eigenvalue weighted by molar-refractivity contribution is -0.137. The van der Waals surface area contributed by atoms with Crippen LogP contribution in [0, 0.1) is 0 Å². The molecule has 1 saturated heterocycles. The maximum atomic E-state index is 13.1. The smallest absolute Gasteiger partial charge is 0.416 e. The number of thioether (sulfide) groups is 1. The van der Waals surface area contributed by atoms with E-state index in [2.05, 4.69) is 0 Å². The number of hydrogen-bond donors (Lipinski definition) is 0. The molecule has 0 spiro atoms. The van der Waals surface area contributed by atoms with E-state index in [1.54, 1.807) is 54.6 Å². The third-order valence-corrected chi connectivity index (χ3v) is 5.81. The maximum absolute atomic E-state index is 13.1. The van der Waals surface area contributed by atoms with Crippen molar-refractivity contribution < 1.29 is 22.7 Å². The molecule has 4 rings (SSSR count). The highest BCUT2D eigenvalue weighted by atomic mass is 32.2. The molecule has 1 aliphatic heterocycles. The number of hydrogen-bond acceptors (Lipinski definition) is 3. The summed E-state index contributed by atoms with van der Waals surface area (Å²) in [4.78, 5) is 14.0. The Kier molecular flexibility index (Phi) is 5.51. The van der Waals surface area contributed by atoms with Crippen molar-refractivity contribution in [1.82, 2.24) is 0 Å². The average molecular weight is 425 g/mol. The van der Waals surface area contributed by atoms with Gasteiger partial charge in [-0.1, -0.05) is 29.7 Å². The van der Waals surface area contributed by atoms with Crippen molar-refractivity contribution in [1.29, 1.82) is 0 Å². The van der Waals surface area contributed by atoms with Crippen molar-refractivity contribution in [3.05, 3.63) is 83.9 Å². The summed E-state index contributed by atoms with van der Waals surface area (Å²) in [6.45, 7) is 0. The van der Waals surface area contributed by atoms with Crippen LogP contribution in [0.5, 0.6) is 11.5 Å². The second-order valence-electron chi connectivity index (χ2n) is 6.72. The zero-order valence-electron chi connectivity index (χ0n) is 15.6. The van der Waals surface area contributed by atoms with E-state index in [1.807, 2.05) is 0 Å². The van der Waals surface area contributed by atoms with Crippen LogP contribution in [0.1, 0.15) is 16.5 Å². The first kappa shape index (κ1) is 20.4. The summed E-state index contributed by atoms with van der Waals surface area (Å²) in [5.74, 6) is 1.23. The van der Waals surface area contributed by atoms with Gasteiger partial charge in [-0.25, -0.2) is 0 Å². The van der Waals surface area contributed by atoms with Crippen LogP contribution in [0.4, 0.5) is 18.9 Å². The van der Waals surface area contributed by atoms with Gasteiger partial charge in [-0.2, -0.15) is 13.2 Å². The van der Waals surface area contributed by atoms with E-state index >= 15 is 0 Å². The van der Waals surface area contributed by atoms with Crippen LogP contribution in [0.3, 0.4) is 0 Å². The number of carbonyl (C=O) groups excluding carboxylic acids is 1. The van der Waals surface area contributed by atoms with Gasteiger partial charge in [0.2, 0.25) is 5.91 Å². The number of carbonyl (C=O) groups is 1. The summed E-state index contributed by atoms with van der Waals surface area (Å²) in [6, 6.07) is 18.9. The number of nitrogens with zero attached hydrogens (tertiary/aromatic N) is 1. The van der Waals surface area contributed by atoms with Crippen LogP contribution >= 0.6 is 11.8 Å². The van der Waals surface area contributed by atoms with Gasteiger partial charge in [-0.3, -0.25) is 9.69 Å². The molecule has 0 aliphatic carbocycles. The van der Waals surface area contributed by atoms with Crippen LogP contribution in [-0.2, 0) is 11.0 Å². The van der Waals surface area contributed by atoms with E-state index in [0.29, 0.717) is 28.2 Å². The van der Waals surface area contributed by atoms with Crippen LogP contribution in [0.25, 0.3) is 0 Å². The SMILES string of the molecule is [B]c1ccc(Oc2ccc(N3C(=O)CSC3c3cccc(C(F)(F)F)c3)cc2)cc1. The normalized spacial score (nSPS) is 16.7. The highest BCUT2D eigenvalue weighted by Gasteiger charge is 2.36. The van der Waals surface area contributed by atoms with Crippen molar-refractivity contribution in [3.8, 4) is 11.5 Å². The van der Waals surface area contributed by atoms with E-state index in [4.69, 9.17) is 12.6 Å². The first-order valence-electron chi connectivity index (χ1n) is 9.05. The van der Waals surface area contributed by atoms with E-state index in [9.17, 15) is 18.0 Å². The van der Waals surface area contributed by atoms with Gasteiger partial charge in [-0.05, 0) is 54.1 Å². The van der Waals surface area contributed by atoms with E-state index in [-0.39, 0.29) is 11.7 Å². The molecule has 0 N–H and O–H groups in total. The lowest BCUT2D eigenvalue weighted by Crippen LogP contribution is -2.27. The largest absolute Gasteiger partial charge is 0.457 e. The van der Waals surface area contributed by atoms with Crippen LogP contribution in [0.2, 0.25) is 0 Å². The quantitative estimate of drug-likeness (QED) is 0.547. The Labute approximate surface area is 177 Å². The second kappa shape index (κ2) is 8.10. The Morgan fingerprint density at radius 1 is 0.967 bits per heavy atom. The molecule has 30 heavy (non-hydrogen) atoms. The minimum atomic E-state index is -4.44. The summed E-state index contributed by atoms with van der Waals surface area (Å²) >= 11 is 1.30. The monoisotopic (exact) mass is 425 g/mol. The fourth-order valence-corrected chi connectivity index (χ4v) is 4.33. The number of halogens is 3. The van der Waals surface area contributed by atoms with E-state index in [0.717, 1.165) is 12.1 Å². The van der Waals surface area contributed by atoms with E-state index < -0.39 is 17.1 Å². The third kappa shape index (κ3) is 4.33. The number of alkyl halides is 3. The summed E-state index contributed by atoms with van der Waals surface area (Å²) in [6.07, 6.45) is -4.44. The molecule has 1 aliphatic rings. The molecule has 3 aromatic rings. The maximum Gasteiger partial charge on any atom is 0.416 e. The van der Waals surface area contributed by atoms with Crippen molar-refractivity contribution in [2.75, 3.05) is 10.7 Å². The Morgan fingerprint density at radius 2 is 1.60 bits per heavy atom. The van der Waals surface area contributed by atoms with Gasteiger partial charge in [0, 0.05) is 5.69 Å². The van der Waals surface area contributed by atoms with Gasteiger partial charge in [-0.15, -0.1) is 11.8 Å². The summed E-state index contributed by atoms with van der Waals surface area (Å²) < 4.78 is 45.0. The van der Waals surface area contributed by atoms with Gasteiger partial charge in [0.15, 0.2) is 0 Å². The molecular formula is C22H15BF3NO2S. The molecule has 1 amide bonds. The van der Waals surface area contributed by atoms with Crippen molar-refractivity contribution in [2.24, 2.45) is 0 Å². The lowest BCUT2D eigenvalue weighted by atomic mass is 9.97. The summed E-state index contributed by atoms with van der Waals surface area (Å²) in [7, 11) is 5.66. The Balaban J connectivity index is 1.57. The van der Waals surface area contributed by atoms with Gasteiger partial charge in [0.25, 0.3) is 0 Å². The highest BCUT2D eigenvalue weighted by molar-refractivity contribution is 8.00. The number of rotatable bonds is 4. The topological polar surface area (TPSA) is 29.5 Å². The Morgan fingerprint density at radius 3 is 2.23 bits per heavy atom. The number of anilines is 1. The van der Waals surface area contributed by atoms with E-state index in [1.165, 1.54) is 22.7 Å². The molecule has 2 radical (unpaired) electrons. The van der Waals surface area contributed by atoms with Crippen molar-refractivity contribution in [3.63, 3.8) is 0 Å². The molecule has 1 atom stereocenters. The molecule has 3 nitrogen and oxygen atoms in total. The fraction of sp³-hybridized carbons (Fsp3) is 0.136. The molecule has 1 heterocycles. The number of benzene rings is 3. The Bertz CT molecular complexity index is 1060. The predicted octanol–water partition coefficient (Wildman–Crippen LogP) is 5.07. The third-order valence-electron chi connectivity index (χ3n) is 4.60. The first-order valence-corrected chi connectivity index (χ1v) is 10.1. The molecule has 0 bridgehead atoms. The fourth-order valence-electron chi connectivity index (χ4n) is 3.17. The van der Waals surface area contributed by atoms with Crippen molar-refractivity contribution >= 4 is 36.7 Å². The zero-order valence-corrected chi connectivity index (χ0v) is 16.4. The molecule has 0 aromatic heterocycles. The molecule has 3 aromatic carbocycles. The molecule has 1 fully saturated rings. The lowest BCUT2D eigenvalue weighted by Gasteiger charge is -2.25. The molecule has 1 unspecified atom stereocenters. The van der Waals surface area contributed by atoms with Crippen LogP contribution in [0.15, 0.2) is 72.8 Å². The standard InChI is InChI=1S/C22H15BF3NO2S/c23-16-4-8-18(9-5-16)29-19-10-6-17(7-11-19)27-20(28)13-30-21(27)14-2-1-3-15(12-14)22(24,25)26/h1-12,21H,13H2. The minimum absolute atomic E-state index is 0.158. The minimum Gasteiger partial charge on any atom is -0.457 e. The second-order valence-corrected chi connectivity index (χ2v) is 7.78. The Hall–Kier alpha value is -2.87. The van der Waals surface area contributed by atoms with Gasteiger partial charge in [0.1, 0.15) is 24.7 Å². The average Bonchev–Trinajstić information content (AvgIpc) is 3.11. The van der Waals surface area contributed by atoms with Crippen molar-refractivity contribution in [2.45, 2.75) is 11.6 Å². The zero-order chi connectivity index (χ0) is 21.3.